The van der Waals surface area contributed by atoms with Crippen molar-refractivity contribution < 1.29 is 21.2 Å². The van der Waals surface area contributed by atoms with Gasteiger partial charge in [-0.3, -0.25) is 0 Å². The second-order valence-electron chi connectivity index (χ2n) is 5.61. The SMILES string of the molecule is CN(C)c1ccc2c(c1)[I+]c1cc(N(C)C)ccc1C2. The van der Waals surface area contributed by atoms with E-state index in [9.17, 15) is 0 Å². The molecule has 0 aliphatic carbocycles. The van der Waals surface area contributed by atoms with E-state index in [4.69, 9.17) is 0 Å². The first-order valence-corrected chi connectivity index (χ1v) is 8.95. The van der Waals surface area contributed by atoms with Crippen LogP contribution < -0.4 is 31.0 Å². The molecule has 0 atom stereocenters. The fourth-order valence-corrected chi connectivity index (χ4v) is 5.42. The maximum atomic E-state index is 2.38. The molecule has 0 unspecified atom stereocenters. The lowest BCUT2D eigenvalue weighted by Crippen LogP contribution is -3.62. The minimum Gasteiger partial charge on any atom is -0.378 e. The summed E-state index contributed by atoms with van der Waals surface area (Å²) in [4.78, 5) is 4.38. The molecular formula is C17H20IN2+. The minimum absolute atomic E-state index is 0.0627. The summed E-state index contributed by atoms with van der Waals surface area (Å²) in [5.41, 5.74) is 5.67. The van der Waals surface area contributed by atoms with Crippen LogP contribution in [-0.4, -0.2) is 28.2 Å². The average Bonchev–Trinajstić information content (AvgIpc) is 2.43. The highest BCUT2D eigenvalue weighted by Gasteiger charge is 2.30. The van der Waals surface area contributed by atoms with E-state index in [0.29, 0.717) is 0 Å². The molecule has 0 saturated heterocycles. The van der Waals surface area contributed by atoms with Crippen LogP contribution in [-0.2, 0) is 6.42 Å². The zero-order valence-corrected chi connectivity index (χ0v) is 14.6. The normalized spacial score (nSPS) is 12.6. The molecule has 2 nitrogen and oxygen atoms in total. The van der Waals surface area contributed by atoms with Crippen molar-refractivity contribution in [3.8, 4) is 0 Å². The van der Waals surface area contributed by atoms with Crippen LogP contribution in [0.3, 0.4) is 0 Å². The molecule has 1 aliphatic rings. The van der Waals surface area contributed by atoms with Crippen molar-refractivity contribution in [1.29, 1.82) is 0 Å². The Bertz CT molecular complexity index is 592. The molecule has 0 amide bonds. The van der Waals surface area contributed by atoms with Gasteiger partial charge in [-0.05, 0) is 12.1 Å². The number of rotatable bonds is 2. The topological polar surface area (TPSA) is 6.48 Å². The monoisotopic (exact) mass is 379 g/mol. The van der Waals surface area contributed by atoms with Gasteiger partial charge in [0.05, 0.1) is 0 Å². The largest absolute Gasteiger partial charge is 0.378 e. The maximum absolute atomic E-state index is 2.38. The van der Waals surface area contributed by atoms with Gasteiger partial charge in [-0.15, -0.1) is 0 Å². The highest BCUT2D eigenvalue weighted by atomic mass is 127. The summed E-state index contributed by atoms with van der Waals surface area (Å²) >= 11 is -0.0627. The Hall–Kier alpha value is -1.23. The van der Waals surface area contributed by atoms with Gasteiger partial charge in [-0.1, -0.05) is 12.1 Å². The number of fused-ring (bicyclic) bond motifs is 2. The summed E-state index contributed by atoms with van der Waals surface area (Å²) in [6.45, 7) is 0. The second kappa shape index (κ2) is 5.28. The summed E-state index contributed by atoms with van der Waals surface area (Å²) < 4.78 is 3.16. The minimum atomic E-state index is -0.0627. The molecule has 0 aromatic heterocycles. The molecule has 1 aliphatic heterocycles. The van der Waals surface area contributed by atoms with E-state index in [1.54, 1.807) is 7.14 Å². The van der Waals surface area contributed by atoms with E-state index in [2.05, 4.69) is 74.4 Å². The standard InChI is InChI=1S/C17H20IN2/c1-19(2)14-7-5-12-9-13-6-8-15(20(3)4)11-17(13)18-16(12)10-14/h5-8,10-11H,9H2,1-4H3/q+1. The lowest BCUT2D eigenvalue weighted by Gasteiger charge is -2.17. The molecule has 2 aromatic carbocycles. The number of hydrogen-bond donors (Lipinski definition) is 0. The second-order valence-corrected chi connectivity index (χ2v) is 8.48. The molecule has 0 bridgehead atoms. The van der Waals surface area contributed by atoms with Crippen molar-refractivity contribution >= 4 is 11.4 Å². The predicted molar refractivity (Wildman–Crippen MR) is 81.7 cm³/mol. The third kappa shape index (κ3) is 2.51. The van der Waals surface area contributed by atoms with Crippen LogP contribution in [0, 0.1) is 7.14 Å². The summed E-state index contributed by atoms with van der Waals surface area (Å²) in [6.07, 6.45) is 1.09. The van der Waals surface area contributed by atoms with E-state index in [0.717, 1.165) is 6.42 Å². The molecule has 0 N–H and O–H groups in total. The van der Waals surface area contributed by atoms with Crippen molar-refractivity contribution in [2.75, 3.05) is 38.0 Å². The first kappa shape index (κ1) is 13.7. The number of halogens is 1. The summed E-state index contributed by atoms with van der Waals surface area (Å²) in [5.74, 6) is 0. The quantitative estimate of drug-likeness (QED) is 0.572. The van der Waals surface area contributed by atoms with Crippen LogP contribution in [0.15, 0.2) is 36.4 Å². The average molecular weight is 379 g/mol. The lowest BCUT2D eigenvalue weighted by molar-refractivity contribution is -0.601. The van der Waals surface area contributed by atoms with Crippen LogP contribution in [0.5, 0.6) is 0 Å². The number of anilines is 2. The van der Waals surface area contributed by atoms with Crippen molar-refractivity contribution in [1.82, 2.24) is 0 Å². The van der Waals surface area contributed by atoms with E-state index < -0.39 is 0 Å². The Morgan fingerprint density at radius 3 is 1.60 bits per heavy atom. The molecule has 0 radical (unpaired) electrons. The smallest absolute Gasteiger partial charge is 0.358 e. The Labute approximate surface area is 131 Å². The molecule has 3 rings (SSSR count). The predicted octanol–water partition coefficient (Wildman–Crippen LogP) is -0.149. The third-order valence-electron chi connectivity index (χ3n) is 3.69. The fraction of sp³-hybridized carbons (Fsp3) is 0.294. The van der Waals surface area contributed by atoms with Crippen LogP contribution >= 0.6 is 0 Å². The van der Waals surface area contributed by atoms with E-state index in [-0.39, 0.29) is 21.2 Å². The molecule has 2 aromatic rings. The van der Waals surface area contributed by atoms with Gasteiger partial charge in [0.15, 0.2) is 7.14 Å². The third-order valence-corrected chi connectivity index (χ3v) is 6.86. The van der Waals surface area contributed by atoms with E-state index >= 15 is 0 Å². The van der Waals surface area contributed by atoms with Gasteiger partial charge in [-0.2, -0.15) is 0 Å². The Kier molecular flexibility index (Phi) is 3.63. The van der Waals surface area contributed by atoms with Crippen molar-refractivity contribution in [3.63, 3.8) is 0 Å². The number of hydrogen-bond acceptors (Lipinski definition) is 2. The van der Waals surface area contributed by atoms with Crippen molar-refractivity contribution in [3.05, 3.63) is 54.7 Å². The summed E-state index contributed by atoms with van der Waals surface area (Å²) in [6, 6.07) is 13.9. The summed E-state index contributed by atoms with van der Waals surface area (Å²) in [5, 5.41) is 0. The van der Waals surface area contributed by atoms with Gasteiger partial charge in [-0.25, -0.2) is 0 Å². The first-order valence-electron chi connectivity index (χ1n) is 6.80. The molecule has 104 valence electrons. The van der Waals surface area contributed by atoms with Gasteiger partial charge in [0, 0.05) is 69.2 Å². The number of nitrogens with zero attached hydrogens (tertiary/aromatic N) is 2. The fourth-order valence-electron chi connectivity index (χ4n) is 2.41. The van der Waals surface area contributed by atoms with Gasteiger partial charge in [0.2, 0.25) is 0 Å². The molecule has 0 fully saturated rings. The Morgan fingerprint density at radius 2 is 1.20 bits per heavy atom. The van der Waals surface area contributed by atoms with Crippen molar-refractivity contribution in [2.24, 2.45) is 0 Å². The zero-order valence-electron chi connectivity index (χ0n) is 12.4. The van der Waals surface area contributed by atoms with E-state index in [1.165, 1.54) is 22.5 Å². The van der Waals surface area contributed by atoms with Gasteiger partial charge in [0.1, 0.15) is 0 Å². The van der Waals surface area contributed by atoms with Gasteiger partial charge in [0.25, 0.3) is 0 Å². The van der Waals surface area contributed by atoms with Crippen LogP contribution in [0.2, 0.25) is 0 Å². The number of benzene rings is 2. The molecule has 3 heteroatoms. The van der Waals surface area contributed by atoms with Crippen LogP contribution in [0.4, 0.5) is 11.4 Å². The maximum Gasteiger partial charge on any atom is 0.358 e. The highest BCUT2D eigenvalue weighted by Crippen LogP contribution is 2.20. The molecule has 0 saturated carbocycles. The lowest BCUT2D eigenvalue weighted by atomic mass is 10.0. The Morgan fingerprint density at radius 1 is 0.750 bits per heavy atom. The Balaban J connectivity index is 1.99. The molecule has 20 heavy (non-hydrogen) atoms. The van der Waals surface area contributed by atoms with Gasteiger partial charge >= 0.3 is 21.2 Å². The molecular weight excluding hydrogens is 359 g/mol. The van der Waals surface area contributed by atoms with Crippen LogP contribution in [0.25, 0.3) is 0 Å². The van der Waals surface area contributed by atoms with E-state index in [1.807, 2.05) is 0 Å². The summed E-state index contributed by atoms with van der Waals surface area (Å²) in [7, 11) is 8.45. The van der Waals surface area contributed by atoms with Gasteiger partial charge < -0.3 is 9.80 Å². The molecule has 1 heterocycles. The molecule has 0 spiro atoms. The first-order chi connectivity index (χ1) is 9.54. The highest BCUT2D eigenvalue weighted by molar-refractivity contribution is 5.49. The van der Waals surface area contributed by atoms with Crippen LogP contribution in [0.1, 0.15) is 11.1 Å². The van der Waals surface area contributed by atoms with Crippen molar-refractivity contribution in [2.45, 2.75) is 6.42 Å². The zero-order chi connectivity index (χ0) is 14.3.